The Morgan fingerprint density at radius 2 is 1.91 bits per heavy atom. The quantitative estimate of drug-likeness (QED) is 0.318. The number of nitrogens with one attached hydrogen (secondary N) is 2. The van der Waals surface area contributed by atoms with Gasteiger partial charge in [-0.1, -0.05) is 13.8 Å². The lowest BCUT2D eigenvalue weighted by Crippen LogP contribution is -2.40. The van der Waals surface area contributed by atoms with Gasteiger partial charge in [0.2, 0.25) is 0 Å². The van der Waals surface area contributed by atoms with Crippen molar-refractivity contribution in [1.82, 2.24) is 10.6 Å². The van der Waals surface area contributed by atoms with Gasteiger partial charge >= 0.3 is 0 Å². The van der Waals surface area contributed by atoms with Crippen LogP contribution in [0.5, 0.6) is 0 Å². The molecule has 0 bridgehead atoms. The van der Waals surface area contributed by atoms with Crippen LogP contribution < -0.4 is 10.6 Å². The molecule has 3 nitrogen and oxygen atoms in total. The Kier molecular flexibility index (Phi) is 7.77. The normalized spacial score (nSPS) is 11.9. The minimum atomic E-state index is 0.124. The van der Waals surface area contributed by atoms with Gasteiger partial charge in [-0.3, -0.25) is 15.6 Å². The molecule has 0 rings (SSSR count). The minimum absolute atomic E-state index is 0.124. The van der Waals surface area contributed by atoms with Crippen LogP contribution in [-0.2, 0) is 0 Å². The van der Waals surface area contributed by atoms with Crippen molar-refractivity contribution in [2.24, 2.45) is 4.99 Å². The number of nitrogens with zero attached hydrogens (tertiary/aromatic N) is 1. The van der Waals surface area contributed by atoms with Gasteiger partial charge in [0.1, 0.15) is 0 Å². The van der Waals surface area contributed by atoms with Gasteiger partial charge in [-0.05, 0) is 25.3 Å². The van der Waals surface area contributed by atoms with Gasteiger partial charge < -0.3 is 0 Å². The number of rotatable bonds is 6. The zero-order valence-corrected chi connectivity index (χ0v) is 9.72. The first-order valence-corrected chi connectivity index (χ1v) is 5.74. The molecule has 0 unspecified atom stereocenters. The van der Waals surface area contributed by atoms with Crippen LogP contribution in [0.15, 0.2) is 4.99 Å². The van der Waals surface area contributed by atoms with E-state index in [4.69, 9.17) is 0 Å². The number of aliphatic imine (C=N–C) groups is 1. The van der Waals surface area contributed by atoms with Gasteiger partial charge in [0.05, 0.1) is 0 Å². The van der Waals surface area contributed by atoms with Crippen molar-refractivity contribution in [2.75, 3.05) is 13.1 Å². The molecule has 0 radical (unpaired) electrons. The molecular weight excluding hydrogens is 154 g/mol. The monoisotopic (exact) mass is 173 g/mol. The van der Waals surface area contributed by atoms with E-state index in [1.54, 1.807) is 0 Å². The van der Waals surface area contributed by atoms with Gasteiger partial charge in [0.15, 0.2) is 6.29 Å². The first-order chi connectivity index (χ1) is 5.35. The summed E-state index contributed by atoms with van der Waals surface area (Å²) in [7, 11) is 1.20. The molecule has 0 aromatic carbocycles. The van der Waals surface area contributed by atoms with Crippen molar-refractivity contribution >= 4 is 16.5 Å². The van der Waals surface area contributed by atoms with E-state index in [2.05, 4.69) is 29.5 Å². The molecule has 0 aliphatic heterocycles. The molecular formula is C7H19N3Si. The second-order valence-corrected chi connectivity index (χ2v) is 3.07. The van der Waals surface area contributed by atoms with Crippen molar-refractivity contribution in [3.63, 3.8) is 0 Å². The second-order valence-electron chi connectivity index (χ2n) is 2.26. The maximum Gasteiger partial charge on any atom is 0.153 e. The Bertz CT molecular complexity index is 99.9. The molecule has 0 amide bonds. The molecule has 4 heteroatoms. The average molecular weight is 173 g/mol. The average Bonchev–Trinajstić information content (AvgIpc) is 2.01. The molecule has 0 aliphatic rings. The van der Waals surface area contributed by atoms with E-state index >= 15 is 0 Å². The summed E-state index contributed by atoms with van der Waals surface area (Å²) < 4.78 is 0. The molecule has 0 heterocycles. The highest BCUT2D eigenvalue weighted by Gasteiger charge is 1.97. The second kappa shape index (κ2) is 7.91. The molecule has 0 saturated heterocycles. The van der Waals surface area contributed by atoms with Crippen molar-refractivity contribution in [3.8, 4) is 0 Å². The maximum absolute atomic E-state index is 4.31. The van der Waals surface area contributed by atoms with Gasteiger partial charge in [-0.25, -0.2) is 0 Å². The molecule has 0 atom stereocenters. The molecule has 2 N–H and O–H groups in total. The van der Waals surface area contributed by atoms with Crippen LogP contribution >= 0.6 is 0 Å². The van der Waals surface area contributed by atoms with E-state index in [1.165, 1.54) is 10.2 Å². The van der Waals surface area contributed by atoms with Crippen LogP contribution in [0.3, 0.4) is 0 Å². The molecule has 0 aromatic rings. The summed E-state index contributed by atoms with van der Waals surface area (Å²) in [6.45, 7) is 6.08. The van der Waals surface area contributed by atoms with Crippen molar-refractivity contribution in [1.29, 1.82) is 0 Å². The zero-order valence-electron chi connectivity index (χ0n) is 7.72. The van der Waals surface area contributed by atoms with Crippen LogP contribution in [0.2, 0.25) is 6.04 Å². The third kappa shape index (κ3) is 6.21. The zero-order chi connectivity index (χ0) is 8.53. The first-order valence-electron chi connectivity index (χ1n) is 4.33. The van der Waals surface area contributed by atoms with Gasteiger partial charge in [-0.15, -0.1) is 0 Å². The largest absolute Gasteiger partial charge is 0.284 e. The Labute approximate surface area is 72.1 Å². The van der Waals surface area contributed by atoms with Crippen molar-refractivity contribution < 1.29 is 0 Å². The predicted molar refractivity (Wildman–Crippen MR) is 54.4 cm³/mol. The van der Waals surface area contributed by atoms with Crippen LogP contribution in [-0.4, -0.2) is 35.8 Å². The fraction of sp³-hybridized carbons (Fsp3) is 0.857. The maximum atomic E-state index is 4.31. The van der Waals surface area contributed by atoms with E-state index in [1.807, 2.05) is 6.21 Å². The lowest BCUT2D eigenvalue weighted by molar-refractivity contribution is 0.462. The number of hydrogen-bond acceptors (Lipinski definition) is 3. The molecule has 11 heavy (non-hydrogen) atoms. The van der Waals surface area contributed by atoms with Crippen LogP contribution in [0.25, 0.3) is 0 Å². The van der Waals surface area contributed by atoms with Crippen LogP contribution in [0, 0.1) is 0 Å². The lowest BCUT2D eigenvalue weighted by atomic mass is 10.6. The summed E-state index contributed by atoms with van der Waals surface area (Å²) >= 11 is 0. The topological polar surface area (TPSA) is 36.4 Å². The Morgan fingerprint density at radius 1 is 1.36 bits per heavy atom. The molecule has 0 aromatic heterocycles. The summed E-state index contributed by atoms with van der Waals surface area (Å²) in [6.07, 6.45) is 2.11. The van der Waals surface area contributed by atoms with E-state index in [0.29, 0.717) is 0 Å². The summed E-state index contributed by atoms with van der Waals surface area (Å²) in [5, 5.41) is 6.45. The highest BCUT2D eigenvalue weighted by Crippen LogP contribution is 1.79. The minimum Gasteiger partial charge on any atom is -0.284 e. The molecule has 0 spiro atoms. The third-order valence-electron chi connectivity index (χ3n) is 1.23. The predicted octanol–water partition coefficient (Wildman–Crippen LogP) is -0.657. The summed E-state index contributed by atoms with van der Waals surface area (Å²) in [4.78, 5) is 4.31. The molecule has 0 saturated carbocycles. The van der Waals surface area contributed by atoms with Crippen molar-refractivity contribution in [3.05, 3.63) is 0 Å². The standard InChI is InChI=1S/C7H19N3Si/c1-3-8-7(9-4-2)10-5-6-11/h5,7-9H,3-4,6H2,1-2,11H3. The van der Waals surface area contributed by atoms with Crippen LogP contribution in [0.1, 0.15) is 13.8 Å². The van der Waals surface area contributed by atoms with E-state index in [0.717, 1.165) is 19.1 Å². The highest BCUT2D eigenvalue weighted by molar-refractivity contribution is 6.16. The lowest BCUT2D eigenvalue weighted by Gasteiger charge is -2.12. The van der Waals surface area contributed by atoms with Gasteiger partial charge in [0.25, 0.3) is 0 Å². The fourth-order valence-corrected chi connectivity index (χ4v) is 0.986. The molecule has 66 valence electrons. The van der Waals surface area contributed by atoms with Gasteiger partial charge in [-0.2, -0.15) is 0 Å². The van der Waals surface area contributed by atoms with E-state index < -0.39 is 0 Å². The summed E-state index contributed by atoms with van der Waals surface area (Å²) in [6, 6.07) is 1.13. The Hall–Kier alpha value is -0.193. The van der Waals surface area contributed by atoms with Gasteiger partial charge in [0, 0.05) is 10.2 Å². The fourth-order valence-electron chi connectivity index (χ4n) is 0.775. The molecule has 0 aliphatic carbocycles. The van der Waals surface area contributed by atoms with E-state index in [-0.39, 0.29) is 6.29 Å². The summed E-state index contributed by atoms with van der Waals surface area (Å²) in [5.74, 6) is 0. The van der Waals surface area contributed by atoms with Crippen molar-refractivity contribution in [2.45, 2.75) is 26.2 Å². The summed E-state index contributed by atoms with van der Waals surface area (Å²) in [5.41, 5.74) is 0. The molecule has 0 fully saturated rings. The Morgan fingerprint density at radius 3 is 2.27 bits per heavy atom. The van der Waals surface area contributed by atoms with Crippen LogP contribution in [0.4, 0.5) is 0 Å². The van der Waals surface area contributed by atoms with E-state index in [9.17, 15) is 0 Å². The Balaban J connectivity index is 3.58. The number of hydrogen-bond donors (Lipinski definition) is 2. The smallest absolute Gasteiger partial charge is 0.153 e. The third-order valence-corrected chi connectivity index (χ3v) is 1.60. The SMILES string of the molecule is CCNC(N=CC[SiH3])NCC. The highest BCUT2D eigenvalue weighted by atomic mass is 28.1. The first kappa shape index (κ1) is 10.8.